The number of para-hydroxylation sites is 1. The number of hydrogen-bond acceptors (Lipinski definition) is 4. The summed E-state index contributed by atoms with van der Waals surface area (Å²) in [5.74, 6) is 0. The van der Waals surface area contributed by atoms with Crippen LogP contribution in [0.25, 0.3) is 0 Å². The highest BCUT2D eigenvalue weighted by atomic mass is 17.2. The Labute approximate surface area is 96.1 Å². The Hall–Kier alpha value is -1.10. The van der Waals surface area contributed by atoms with Crippen molar-refractivity contribution >= 4 is 5.69 Å². The Morgan fingerprint density at radius 2 is 2.19 bits per heavy atom. The molecular weight excluding hydrogens is 204 g/mol. The highest BCUT2D eigenvalue weighted by Crippen LogP contribution is 2.18. The van der Waals surface area contributed by atoms with Gasteiger partial charge in [-0.2, -0.15) is 0 Å². The number of hydrogen-bond donors (Lipinski definition) is 1. The van der Waals surface area contributed by atoms with E-state index >= 15 is 0 Å². The molecule has 0 bridgehead atoms. The number of rotatable bonds is 4. The van der Waals surface area contributed by atoms with Crippen molar-refractivity contribution in [1.82, 2.24) is 5.32 Å². The lowest BCUT2D eigenvalue weighted by atomic mass is 10.2. The number of piperazine rings is 1. The molecule has 1 unspecified atom stereocenters. The molecular formula is C12H18N2O2. The van der Waals surface area contributed by atoms with Crippen LogP contribution < -0.4 is 10.2 Å². The van der Waals surface area contributed by atoms with Crippen LogP contribution in [0.15, 0.2) is 30.3 Å². The second kappa shape index (κ2) is 5.84. The third-order valence-corrected chi connectivity index (χ3v) is 2.58. The van der Waals surface area contributed by atoms with Gasteiger partial charge in [0.2, 0.25) is 0 Å². The summed E-state index contributed by atoms with van der Waals surface area (Å²) in [7, 11) is 0. The summed E-state index contributed by atoms with van der Waals surface area (Å²) in [4.78, 5) is 12.6. The largest absolute Gasteiger partial charge is 0.341 e. The van der Waals surface area contributed by atoms with Gasteiger partial charge >= 0.3 is 0 Å². The van der Waals surface area contributed by atoms with Crippen LogP contribution in [0.3, 0.4) is 0 Å². The molecule has 4 nitrogen and oxygen atoms in total. The zero-order valence-electron chi connectivity index (χ0n) is 9.56. The van der Waals surface area contributed by atoms with E-state index in [4.69, 9.17) is 9.78 Å². The van der Waals surface area contributed by atoms with Gasteiger partial charge in [-0.1, -0.05) is 18.2 Å². The van der Waals surface area contributed by atoms with Crippen molar-refractivity contribution in [3.8, 4) is 0 Å². The average Bonchev–Trinajstić information content (AvgIpc) is 2.38. The molecule has 0 amide bonds. The van der Waals surface area contributed by atoms with Crippen LogP contribution in [0.5, 0.6) is 0 Å². The van der Waals surface area contributed by atoms with Crippen LogP contribution in [0.1, 0.15) is 6.92 Å². The van der Waals surface area contributed by atoms with Crippen LogP contribution in [0.2, 0.25) is 0 Å². The summed E-state index contributed by atoms with van der Waals surface area (Å²) in [6.45, 7) is 5.18. The molecule has 1 aliphatic rings. The molecule has 1 aromatic rings. The van der Waals surface area contributed by atoms with Gasteiger partial charge in [0.05, 0.1) is 6.61 Å². The normalized spacial score (nSPS) is 21.1. The Morgan fingerprint density at radius 3 is 2.94 bits per heavy atom. The van der Waals surface area contributed by atoms with Crippen LogP contribution in [-0.4, -0.2) is 32.5 Å². The number of nitrogens with zero attached hydrogens (tertiary/aromatic N) is 1. The first-order valence-corrected chi connectivity index (χ1v) is 5.72. The first-order chi connectivity index (χ1) is 7.92. The molecule has 2 rings (SSSR count). The molecule has 1 aliphatic heterocycles. The van der Waals surface area contributed by atoms with Gasteiger partial charge in [0.1, 0.15) is 0 Å². The summed E-state index contributed by atoms with van der Waals surface area (Å²) in [5.41, 5.74) is 1.17. The van der Waals surface area contributed by atoms with E-state index in [1.54, 1.807) is 0 Å². The second-order valence-corrected chi connectivity index (χ2v) is 3.69. The fourth-order valence-electron chi connectivity index (χ4n) is 1.83. The summed E-state index contributed by atoms with van der Waals surface area (Å²) in [5, 5.41) is 3.30. The Morgan fingerprint density at radius 1 is 1.38 bits per heavy atom. The fourth-order valence-corrected chi connectivity index (χ4v) is 1.83. The summed E-state index contributed by atoms with van der Waals surface area (Å²) < 4.78 is 0. The van der Waals surface area contributed by atoms with E-state index in [2.05, 4.69) is 22.3 Å². The van der Waals surface area contributed by atoms with Gasteiger partial charge in [0.25, 0.3) is 0 Å². The van der Waals surface area contributed by atoms with Gasteiger partial charge in [0, 0.05) is 25.3 Å². The van der Waals surface area contributed by atoms with E-state index in [0.29, 0.717) is 6.61 Å². The first-order valence-electron chi connectivity index (χ1n) is 5.72. The molecule has 16 heavy (non-hydrogen) atoms. The maximum absolute atomic E-state index is 5.36. The van der Waals surface area contributed by atoms with Crippen molar-refractivity contribution in [2.75, 3.05) is 31.1 Å². The van der Waals surface area contributed by atoms with Crippen molar-refractivity contribution in [1.29, 1.82) is 0 Å². The molecule has 1 N–H and O–H groups in total. The van der Waals surface area contributed by atoms with Gasteiger partial charge in [-0.25, -0.2) is 9.78 Å². The SMILES string of the molecule is CCOOC1CNCCN1c1ccccc1. The minimum absolute atomic E-state index is 0.0453. The molecule has 0 aromatic heterocycles. The quantitative estimate of drug-likeness (QED) is 0.616. The molecule has 0 spiro atoms. The summed E-state index contributed by atoms with van der Waals surface area (Å²) >= 11 is 0. The zero-order chi connectivity index (χ0) is 11.2. The molecule has 88 valence electrons. The lowest BCUT2D eigenvalue weighted by molar-refractivity contribution is -0.321. The predicted octanol–water partition coefficient (Wildman–Crippen LogP) is 1.39. The van der Waals surface area contributed by atoms with Crippen LogP contribution in [-0.2, 0) is 9.78 Å². The predicted molar refractivity (Wildman–Crippen MR) is 63.2 cm³/mol. The van der Waals surface area contributed by atoms with Crippen LogP contribution in [0, 0.1) is 0 Å². The minimum Gasteiger partial charge on any atom is -0.341 e. The van der Waals surface area contributed by atoms with Crippen LogP contribution in [0.4, 0.5) is 5.69 Å². The summed E-state index contributed by atoms with van der Waals surface area (Å²) in [6.07, 6.45) is -0.0453. The van der Waals surface area contributed by atoms with Crippen molar-refractivity contribution in [2.45, 2.75) is 13.2 Å². The van der Waals surface area contributed by atoms with Gasteiger partial charge < -0.3 is 10.2 Å². The van der Waals surface area contributed by atoms with Crippen molar-refractivity contribution in [2.24, 2.45) is 0 Å². The third kappa shape index (κ3) is 2.72. The highest BCUT2D eigenvalue weighted by Gasteiger charge is 2.23. The lowest BCUT2D eigenvalue weighted by Gasteiger charge is -2.36. The topological polar surface area (TPSA) is 33.7 Å². The first kappa shape index (κ1) is 11.4. The minimum atomic E-state index is -0.0453. The van der Waals surface area contributed by atoms with E-state index in [0.717, 1.165) is 19.6 Å². The maximum Gasteiger partial charge on any atom is 0.177 e. The zero-order valence-corrected chi connectivity index (χ0v) is 9.56. The Bertz CT molecular complexity index is 305. The van der Waals surface area contributed by atoms with Crippen molar-refractivity contribution < 1.29 is 9.78 Å². The fraction of sp³-hybridized carbons (Fsp3) is 0.500. The number of benzene rings is 1. The van der Waals surface area contributed by atoms with E-state index in [-0.39, 0.29) is 6.23 Å². The van der Waals surface area contributed by atoms with Gasteiger partial charge in [-0.3, -0.25) is 0 Å². The third-order valence-electron chi connectivity index (χ3n) is 2.58. The van der Waals surface area contributed by atoms with E-state index in [1.165, 1.54) is 5.69 Å². The molecule has 0 aliphatic carbocycles. The van der Waals surface area contributed by atoms with Gasteiger partial charge in [-0.05, 0) is 19.1 Å². The van der Waals surface area contributed by atoms with Gasteiger partial charge in [0.15, 0.2) is 6.23 Å². The number of anilines is 1. The molecule has 1 aromatic carbocycles. The molecule has 0 radical (unpaired) electrons. The smallest absolute Gasteiger partial charge is 0.177 e. The highest BCUT2D eigenvalue weighted by molar-refractivity contribution is 5.47. The molecule has 1 saturated heterocycles. The molecule has 0 saturated carbocycles. The van der Waals surface area contributed by atoms with Crippen LogP contribution >= 0.6 is 0 Å². The Kier molecular flexibility index (Phi) is 4.16. The van der Waals surface area contributed by atoms with E-state index in [1.807, 2.05) is 25.1 Å². The van der Waals surface area contributed by atoms with Crippen molar-refractivity contribution in [3.05, 3.63) is 30.3 Å². The number of nitrogens with one attached hydrogen (secondary N) is 1. The standard InChI is InChI=1S/C12H18N2O2/c1-2-15-16-12-10-13-8-9-14(12)11-6-4-3-5-7-11/h3-7,12-13H,2,8-10H2,1H3. The molecule has 1 atom stereocenters. The maximum atomic E-state index is 5.36. The van der Waals surface area contributed by atoms with Gasteiger partial charge in [-0.15, -0.1) is 0 Å². The second-order valence-electron chi connectivity index (χ2n) is 3.69. The monoisotopic (exact) mass is 222 g/mol. The molecule has 4 heteroatoms. The molecule has 1 heterocycles. The van der Waals surface area contributed by atoms with E-state index < -0.39 is 0 Å². The summed E-state index contributed by atoms with van der Waals surface area (Å²) in [6, 6.07) is 10.3. The Balaban J connectivity index is 2.04. The van der Waals surface area contributed by atoms with Crippen molar-refractivity contribution in [3.63, 3.8) is 0 Å². The lowest BCUT2D eigenvalue weighted by Crippen LogP contribution is -2.52. The molecule has 1 fully saturated rings. The average molecular weight is 222 g/mol. The van der Waals surface area contributed by atoms with E-state index in [9.17, 15) is 0 Å².